The summed E-state index contributed by atoms with van der Waals surface area (Å²) in [7, 11) is 0. The molecule has 1 aliphatic rings. The minimum absolute atomic E-state index is 0.188. The van der Waals surface area contributed by atoms with E-state index < -0.39 is 0 Å². The van der Waals surface area contributed by atoms with Gasteiger partial charge in [0.2, 0.25) is 0 Å². The molecule has 0 radical (unpaired) electrons. The largest absolute Gasteiger partial charge is 0.457 e. The summed E-state index contributed by atoms with van der Waals surface area (Å²) >= 11 is 0. The zero-order chi connectivity index (χ0) is 26.6. The summed E-state index contributed by atoms with van der Waals surface area (Å²) in [5, 5.41) is 3.05. The van der Waals surface area contributed by atoms with E-state index in [1.165, 1.54) is 12.1 Å². The van der Waals surface area contributed by atoms with Crippen molar-refractivity contribution in [1.82, 2.24) is 14.5 Å². The number of halogens is 1. The van der Waals surface area contributed by atoms with E-state index in [2.05, 4.69) is 21.3 Å². The summed E-state index contributed by atoms with van der Waals surface area (Å²) in [6.07, 6.45) is 5.86. The van der Waals surface area contributed by atoms with Gasteiger partial charge in [-0.25, -0.2) is 9.37 Å². The van der Waals surface area contributed by atoms with Crippen LogP contribution in [-0.4, -0.2) is 39.5 Å². The Hall–Kier alpha value is -4.01. The third-order valence-electron chi connectivity index (χ3n) is 6.67. The van der Waals surface area contributed by atoms with Crippen LogP contribution in [0.25, 0.3) is 5.69 Å². The number of nitrogens with zero attached hydrogens (tertiary/aromatic N) is 3. The van der Waals surface area contributed by atoms with Crippen molar-refractivity contribution < 1.29 is 13.9 Å². The average Bonchev–Trinajstić information content (AvgIpc) is 3.31. The molecule has 1 atom stereocenters. The van der Waals surface area contributed by atoms with Crippen molar-refractivity contribution >= 4 is 11.6 Å². The van der Waals surface area contributed by atoms with Gasteiger partial charge in [0, 0.05) is 48.3 Å². The highest BCUT2D eigenvalue weighted by Crippen LogP contribution is 2.28. The van der Waals surface area contributed by atoms with Gasteiger partial charge >= 0.3 is 0 Å². The quantitative estimate of drug-likeness (QED) is 0.336. The molecular weight excluding hydrogens is 481 g/mol. The van der Waals surface area contributed by atoms with Crippen LogP contribution in [0.2, 0.25) is 0 Å². The second-order valence-corrected chi connectivity index (χ2v) is 9.94. The molecule has 8 heteroatoms. The number of amides is 1. The molecule has 1 aromatic heterocycles. The molecule has 4 aromatic rings. The normalized spacial score (nSPS) is 15.8. The van der Waals surface area contributed by atoms with Crippen LogP contribution in [0.1, 0.15) is 40.0 Å². The highest BCUT2D eigenvalue weighted by atomic mass is 19.1. The first-order valence-corrected chi connectivity index (χ1v) is 12.8. The Morgan fingerprint density at radius 1 is 1.16 bits per heavy atom. The Morgan fingerprint density at radius 3 is 2.79 bits per heavy atom. The number of imidazole rings is 1. The lowest BCUT2D eigenvalue weighted by Crippen LogP contribution is -2.42. The van der Waals surface area contributed by atoms with Crippen molar-refractivity contribution in [3.05, 3.63) is 101 Å². The maximum atomic E-state index is 13.6. The standard InChI is InChI=1S/C30H32FN5O2/c1-20-8-9-23(13-29(20)38-28-7-3-5-24(31)14-28)30(37)34-26-11-22(17-35-10-4-6-25(32)18-35)12-27(15-26)36-16-21(2)33-19-36/h3,5,7-9,11-16,19,25H,4,6,10,17-18,32H2,1-2H3,(H,34,37). The summed E-state index contributed by atoms with van der Waals surface area (Å²) in [6.45, 7) is 6.42. The molecule has 3 aromatic carbocycles. The average molecular weight is 514 g/mol. The molecule has 2 heterocycles. The number of rotatable bonds is 7. The zero-order valence-electron chi connectivity index (χ0n) is 21.7. The maximum absolute atomic E-state index is 13.6. The van der Waals surface area contributed by atoms with Crippen molar-refractivity contribution in [1.29, 1.82) is 0 Å². The molecule has 0 spiro atoms. The molecule has 5 rings (SSSR count). The Morgan fingerprint density at radius 2 is 2.03 bits per heavy atom. The van der Waals surface area contributed by atoms with Crippen molar-refractivity contribution in [3.63, 3.8) is 0 Å². The summed E-state index contributed by atoms with van der Waals surface area (Å²) in [4.78, 5) is 20.0. The number of aromatic nitrogens is 2. The van der Waals surface area contributed by atoms with E-state index in [1.807, 2.05) is 42.8 Å². The molecule has 1 saturated heterocycles. The van der Waals surface area contributed by atoms with Gasteiger partial charge in [-0.15, -0.1) is 0 Å². The molecule has 0 aliphatic carbocycles. The Labute approximate surface area is 222 Å². The monoisotopic (exact) mass is 513 g/mol. The van der Waals surface area contributed by atoms with Crippen LogP contribution in [0, 0.1) is 19.7 Å². The highest BCUT2D eigenvalue weighted by molar-refractivity contribution is 6.04. The fraction of sp³-hybridized carbons (Fsp3) is 0.267. The number of carbonyl (C=O) groups is 1. The lowest BCUT2D eigenvalue weighted by Gasteiger charge is -2.30. The summed E-state index contributed by atoms with van der Waals surface area (Å²) in [5.74, 6) is 0.215. The van der Waals surface area contributed by atoms with Gasteiger partial charge in [-0.1, -0.05) is 12.1 Å². The van der Waals surface area contributed by atoms with E-state index in [9.17, 15) is 9.18 Å². The predicted octanol–water partition coefficient (Wildman–Crippen LogP) is 5.60. The molecule has 7 nitrogen and oxygen atoms in total. The van der Waals surface area contributed by atoms with Gasteiger partial charge in [-0.05, 0) is 86.8 Å². The second-order valence-electron chi connectivity index (χ2n) is 9.94. The number of nitrogens with two attached hydrogens (primary N) is 1. The summed E-state index contributed by atoms with van der Waals surface area (Å²) < 4.78 is 21.4. The predicted molar refractivity (Wildman–Crippen MR) is 146 cm³/mol. The number of benzene rings is 3. The number of anilines is 1. The van der Waals surface area contributed by atoms with Crippen LogP contribution in [0.3, 0.4) is 0 Å². The smallest absolute Gasteiger partial charge is 0.255 e. The molecule has 0 bridgehead atoms. The van der Waals surface area contributed by atoms with Gasteiger partial charge in [-0.2, -0.15) is 0 Å². The van der Waals surface area contributed by atoms with Gasteiger partial charge in [0.05, 0.1) is 12.0 Å². The fourth-order valence-corrected chi connectivity index (χ4v) is 4.75. The third-order valence-corrected chi connectivity index (χ3v) is 6.67. The number of piperidine rings is 1. The van der Waals surface area contributed by atoms with Crippen molar-refractivity contribution in [2.45, 2.75) is 39.3 Å². The molecule has 0 saturated carbocycles. The molecule has 1 amide bonds. The molecule has 1 unspecified atom stereocenters. The topological polar surface area (TPSA) is 85.4 Å². The van der Waals surface area contributed by atoms with E-state index in [4.69, 9.17) is 10.5 Å². The first-order valence-electron chi connectivity index (χ1n) is 12.8. The van der Waals surface area contributed by atoms with Crippen LogP contribution in [0.4, 0.5) is 10.1 Å². The van der Waals surface area contributed by atoms with Crippen LogP contribution < -0.4 is 15.8 Å². The third kappa shape index (κ3) is 6.27. The lowest BCUT2D eigenvalue weighted by atomic mass is 10.0. The number of nitrogens with one attached hydrogen (secondary N) is 1. The van der Waals surface area contributed by atoms with Gasteiger partial charge in [0.15, 0.2) is 0 Å². The number of aryl methyl sites for hydroxylation is 2. The van der Waals surface area contributed by atoms with Crippen LogP contribution in [0.15, 0.2) is 73.2 Å². The molecule has 1 aliphatic heterocycles. The van der Waals surface area contributed by atoms with Crippen molar-refractivity contribution in [3.8, 4) is 17.2 Å². The number of ether oxygens (including phenoxy) is 1. The zero-order valence-corrected chi connectivity index (χ0v) is 21.7. The molecule has 3 N–H and O–H groups in total. The highest BCUT2D eigenvalue weighted by Gasteiger charge is 2.18. The van der Waals surface area contributed by atoms with Crippen LogP contribution in [-0.2, 0) is 6.54 Å². The van der Waals surface area contributed by atoms with Gasteiger partial charge in [0.1, 0.15) is 17.3 Å². The van der Waals surface area contributed by atoms with Gasteiger partial charge in [0.25, 0.3) is 5.91 Å². The number of hydrogen-bond acceptors (Lipinski definition) is 5. The Bertz CT molecular complexity index is 1450. The van der Waals surface area contributed by atoms with E-state index in [1.54, 1.807) is 30.6 Å². The fourth-order valence-electron chi connectivity index (χ4n) is 4.75. The Kier molecular flexibility index (Phi) is 7.53. The minimum Gasteiger partial charge on any atom is -0.457 e. The van der Waals surface area contributed by atoms with Crippen LogP contribution >= 0.6 is 0 Å². The maximum Gasteiger partial charge on any atom is 0.255 e. The van der Waals surface area contributed by atoms with Gasteiger partial charge < -0.3 is 20.4 Å². The van der Waals surface area contributed by atoms with E-state index >= 15 is 0 Å². The lowest BCUT2D eigenvalue weighted by molar-refractivity contribution is 0.102. The molecule has 38 heavy (non-hydrogen) atoms. The molecule has 196 valence electrons. The summed E-state index contributed by atoms with van der Waals surface area (Å²) in [6, 6.07) is 17.4. The number of likely N-dealkylation sites (tertiary alicyclic amines) is 1. The number of hydrogen-bond donors (Lipinski definition) is 2. The van der Waals surface area contributed by atoms with Gasteiger partial charge in [-0.3, -0.25) is 9.69 Å². The Balaban J connectivity index is 1.40. The summed E-state index contributed by atoms with van der Waals surface area (Å²) in [5.41, 5.74) is 11.1. The van der Waals surface area contributed by atoms with Crippen LogP contribution in [0.5, 0.6) is 11.5 Å². The van der Waals surface area contributed by atoms with Crippen molar-refractivity contribution in [2.75, 3.05) is 18.4 Å². The second kappa shape index (κ2) is 11.2. The van der Waals surface area contributed by atoms with E-state index in [0.29, 0.717) is 22.7 Å². The SMILES string of the molecule is Cc1cn(-c2cc(CN3CCCC(N)C3)cc(NC(=O)c3ccc(C)c(Oc4cccc(F)c4)c3)c2)cn1. The number of carbonyl (C=O) groups excluding carboxylic acids is 1. The first-order chi connectivity index (χ1) is 18.3. The first kappa shape index (κ1) is 25.6. The molecule has 1 fully saturated rings. The minimum atomic E-state index is -0.385. The van der Waals surface area contributed by atoms with E-state index in [0.717, 1.165) is 55.0 Å². The molecular formula is C30H32FN5O2. The van der Waals surface area contributed by atoms with E-state index in [-0.39, 0.29) is 17.8 Å². The van der Waals surface area contributed by atoms with Crippen molar-refractivity contribution in [2.24, 2.45) is 5.73 Å².